The van der Waals surface area contributed by atoms with Crippen molar-refractivity contribution in [1.29, 1.82) is 0 Å². The van der Waals surface area contributed by atoms with Gasteiger partial charge in [-0.3, -0.25) is 0 Å². The maximum atomic E-state index is 11.8. The summed E-state index contributed by atoms with van der Waals surface area (Å²) in [6, 6.07) is 7.47. The Morgan fingerprint density at radius 3 is 2.16 bits per heavy atom. The molecular weight excluding hydrogens is 258 g/mol. The number of rotatable bonds is 6. The Bertz CT molecular complexity index is 503. The summed E-state index contributed by atoms with van der Waals surface area (Å²) in [6.07, 6.45) is 4.63. The molecule has 108 valence electrons. The highest BCUT2D eigenvalue weighted by Crippen LogP contribution is 2.30. The Morgan fingerprint density at radius 1 is 1.21 bits per heavy atom. The van der Waals surface area contributed by atoms with Crippen LogP contribution in [0.5, 0.6) is 0 Å². The molecule has 1 atom stereocenters. The highest BCUT2D eigenvalue weighted by Gasteiger charge is 2.37. The first-order valence-corrected chi connectivity index (χ1v) is 8.63. The van der Waals surface area contributed by atoms with Crippen molar-refractivity contribution < 1.29 is 8.42 Å². The van der Waals surface area contributed by atoms with E-state index in [2.05, 4.69) is 6.92 Å². The zero-order valence-corrected chi connectivity index (χ0v) is 13.1. The van der Waals surface area contributed by atoms with E-state index in [-0.39, 0.29) is 0 Å². The maximum Gasteiger partial charge on any atom is 0.154 e. The fourth-order valence-corrected chi connectivity index (χ4v) is 2.50. The summed E-state index contributed by atoms with van der Waals surface area (Å²) in [4.78, 5) is 0. The van der Waals surface area contributed by atoms with Crippen LogP contribution in [0.3, 0.4) is 0 Å². The molecule has 0 aliphatic rings. The SMILES string of the molecule is CCCCc1ccc(C(N)C(C)(C)S(C)(=O)=O)cc1. The molecule has 0 heterocycles. The van der Waals surface area contributed by atoms with E-state index in [0.29, 0.717) is 0 Å². The van der Waals surface area contributed by atoms with E-state index in [9.17, 15) is 8.42 Å². The van der Waals surface area contributed by atoms with Gasteiger partial charge in [-0.05, 0) is 37.8 Å². The van der Waals surface area contributed by atoms with Crippen LogP contribution in [0, 0.1) is 0 Å². The minimum atomic E-state index is -3.20. The predicted molar refractivity (Wildman–Crippen MR) is 80.9 cm³/mol. The summed E-state index contributed by atoms with van der Waals surface area (Å²) < 4.78 is 22.6. The number of hydrogen-bond donors (Lipinski definition) is 1. The van der Waals surface area contributed by atoms with E-state index in [1.165, 1.54) is 24.7 Å². The standard InChI is InChI=1S/C15H25NO2S/c1-5-6-7-12-8-10-13(11-9-12)14(16)15(2,3)19(4,17)18/h8-11,14H,5-7,16H2,1-4H3. The van der Waals surface area contributed by atoms with Gasteiger partial charge in [-0.25, -0.2) is 8.42 Å². The van der Waals surface area contributed by atoms with E-state index in [4.69, 9.17) is 5.73 Å². The molecule has 0 amide bonds. The molecule has 1 aromatic carbocycles. The van der Waals surface area contributed by atoms with Gasteiger partial charge >= 0.3 is 0 Å². The Kier molecular flexibility index (Phi) is 5.16. The van der Waals surface area contributed by atoms with Gasteiger partial charge in [0.15, 0.2) is 9.84 Å². The van der Waals surface area contributed by atoms with E-state index in [0.717, 1.165) is 12.0 Å². The smallest absolute Gasteiger partial charge is 0.154 e. The zero-order chi connectivity index (χ0) is 14.7. The molecule has 3 nitrogen and oxygen atoms in total. The summed E-state index contributed by atoms with van der Waals surface area (Å²) >= 11 is 0. The lowest BCUT2D eigenvalue weighted by atomic mass is 9.94. The van der Waals surface area contributed by atoms with Crippen LogP contribution in [-0.4, -0.2) is 19.4 Å². The van der Waals surface area contributed by atoms with E-state index < -0.39 is 20.6 Å². The highest BCUT2D eigenvalue weighted by molar-refractivity contribution is 7.92. The summed E-state index contributed by atoms with van der Waals surface area (Å²) in [5.41, 5.74) is 8.27. The first-order valence-electron chi connectivity index (χ1n) is 6.74. The molecule has 0 fully saturated rings. The maximum absolute atomic E-state index is 11.8. The fraction of sp³-hybridized carbons (Fsp3) is 0.600. The second-order valence-corrected chi connectivity index (χ2v) is 8.29. The lowest BCUT2D eigenvalue weighted by molar-refractivity contribution is 0.496. The summed E-state index contributed by atoms with van der Waals surface area (Å²) in [7, 11) is -3.20. The van der Waals surface area contributed by atoms with Crippen molar-refractivity contribution in [2.45, 2.75) is 50.8 Å². The molecular formula is C15H25NO2S. The van der Waals surface area contributed by atoms with Crippen LogP contribution in [-0.2, 0) is 16.3 Å². The number of hydrogen-bond acceptors (Lipinski definition) is 3. The van der Waals surface area contributed by atoms with Gasteiger partial charge in [0.05, 0.1) is 4.75 Å². The molecule has 0 saturated heterocycles. The van der Waals surface area contributed by atoms with Gasteiger partial charge in [0.2, 0.25) is 0 Å². The molecule has 0 bridgehead atoms. The number of aryl methyl sites for hydroxylation is 1. The van der Waals surface area contributed by atoms with Gasteiger partial charge < -0.3 is 5.73 Å². The van der Waals surface area contributed by atoms with Gasteiger partial charge in [0.25, 0.3) is 0 Å². The van der Waals surface area contributed by atoms with Crippen LogP contribution in [0.1, 0.15) is 50.8 Å². The monoisotopic (exact) mass is 283 g/mol. The topological polar surface area (TPSA) is 60.2 Å². The Labute approximate surface area is 117 Å². The largest absolute Gasteiger partial charge is 0.323 e. The van der Waals surface area contributed by atoms with E-state index >= 15 is 0 Å². The third-order valence-electron chi connectivity index (χ3n) is 3.86. The lowest BCUT2D eigenvalue weighted by Crippen LogP contribution is -2.42. The molecule has 0 spiro atoms. The van der Waals surface area contributed by atoms with Gasteiger partial charge in [-0.15, -0.1) is 0 Å². The first-order chi connectivity index (χ1) is 8.70. The quantitative estimate of drug-likeness (QED) is 0.873. The van der Waals surface area contributed by atoms with Crippen molar-refractivity contribution in [2.75, 3.05) is 6.26 Å². The normalized spacial score (nSPS) is 14.4. The van der Waals surface area contributed by atoms with Crippen molar-refractivity contribution in [3.63, 3.8) is 0 Å². The molecule has 4 heteroatoms. The number of sulfone groups is 1. The minimum Gasteiger partial charge on any atom is -0.323 e. The zero-order valence-electron chi connectivity index (χ0n) is 12.3. The molecule has 0 radical (unpaired) electrons. The fourth-order valence-electron chi connectivity index (χ4n) is 1.90. The molecule has 19 heavy (non-hydrogen) atoms. The number of benzene rings is 1. The van der Waals surface area contributed by atoms with Crippen LogP contribution >= 0.6 is 0 Å². The van der Waals surface area contributed by atoms with Gasteiger partial charge in [-0.1, -0.05) is 37.6 Å². The van der Waals surface area contributed by atoms with Crippen molar-refractivity contribution in [2.24, 2.45) is 5.73 Å². The van der Waals surface area contributed by atoms with Crippen molar-refractivity contribution in [3.8, 4) is 0 Å². The van der Waals surface area contributed by atoms with E-state index in [1.54, 1.807) is 13.8 Å². The highest BCUT2D eigenvalue weighted by atomic mass is 32.2. The van der Waals surface area contributed by atoms with Crippen LogP contribution in [0.2, 0.25) is 0 Å². The van der Waals surface area contributed by atoms with Crippen LogP contribution in [0.4, 0.5) is 0 Å². The molecule has 0 aliphatic carbocycles. The van der Waals surface area contributed by atoms with Crippen LogP contribution in [0.15, 0.2) is 24.3 Å². The van der Waals surface area contributed by atoms with Gasteiger partial charge in [-0.2, -0.15) is 0 Å². The van der Waals surface area contributed by atoms with Crippen LogP contribution < -0.4 is 5.73 Å². The van der Waals surface area contributed by atoms with Crippen molar-refractivity contribution >= 4 is 9.84 Å². The van der Waals surface area contributed by atoms with Crippen molar-refractivity contribution in [1.82, 2.24) is 0 Å². The average molecular weight is 283 g/mol. The summed E-state index contributed by atoms with van der Waals surface area (Å²) in [6.45, 7) is 5.52. The Morgan fingerprint density at radius 2 is 1.74 bits per heavy atom. The predicted octanol–water partition coefficient (Wildman–Crippen LogP) is 2.85. The van der Waals surface area contributed by atoms with E-state index in [1.807, 2.05) is 24.3 Å². The summed E-state index contributed by atoms with van der Waals surface area (Å²) in [5.74, 6) is 0. The van der Waals surface area contributed by atoms with Gasteiger partial charge in [0.1, 0.15) is 0 Å². The second kappa shape index (κ2) is 6.06. The average Bonchev–Trinajstić information content (AvgIpc) is 2.34. The van der Waals surface area contributed by atoms with Crippen LogP contribution in [0.25, 0.3) is 0 Å². The molecule has 1 rings (SSSR count). The number of unbranched alkanes of at least 4 members (excludes halogenated alkanes) is 1. The van der Waals surface area contributed by atoms with Gasteiger partial charge in [0, 0.05) is 12.3 Å². The Hall–Kier alpha value is -0.870. The Balaban J connectivity index is 2.92. The number of nitrogens with two attached hydrogens (primary N) is 1. The third-order valence-corrected chi connectivity index (χ3v) is 6.03. The molecule has 0 saturated carbocycles. The molecule has 1 unspecified atom stereocenters. The molecule has 1 aromatic rings. The van der Waals surface area contributed by atoms with Crippen molar-refractivity contribution in [3.05, 3.63) is 35.4 Å². The molecule has 2 N–H and O–H groups in total. The molecule has 0 aliphatic heterocycles. The lowest BCUT2D eigenvalue weighted by Gasteiger charge is -2.30. The summed E-state index contributed by atoms with van der Waals surface area (Å²) in [5, 5.41) is 0. The second-order valence-electron chi connectivity index (χ2n) is 5.70. The molecule has 0 aromatic heterocycles. The first kappa shape index (κ1) is 16.2. The third kappa shape index (κ3) is 3.80. The minimum absolute atomic E-state index is 0.511.